The third kappa shape index (κ3) is 0.839. The molecular weight excluding hydrogens is 162 g/mol. The number of pyridine rings is 2. The zero-order valence-electron chi connectivity index (χ0n) is 6.86. The van der Waals surface area contributed by atoms with Gasteiger partial charge in [0.05, 0.1) is 16.9 Å². The Morgan fingerprint density at radius 1 is 1.15 bits per heavy atom. The molecule has 3 heterocycles. The van der Waals surface area contributed by atoms with Crippen LogP contribution in [0.25, 0.3) is 22.4 Å². The summed E-state index contributed by atoms with van der Waals surface area (Å²) in [4.78, 5) is 11.8. The molecule has 0 aliphatic carbocycles. The third-order valence-electron chi connectivity index (χ3n) is 2.10. The van der Waals surface area contributed by atoms with Gasteiger partial charge in [0.1, 0.15) is 5.52 Å². The minimum Gasteiger partial charge on any atom is -0.358 e. The van der Waals surface area contributed by atoms with Crippen molar-refractivity contribution in [2.24, 2.45) is 0 Å². The summed E-state index contributed by atoms with van der Waals surface area (Å²) in [5, 5.41) is 0. The Kier molecular flexibility index (Phi) is 1.16. The van der Waals surface area contributed by atoms with Gasteiger partial charge in [-0.1, -0.05) is 0 Å². The molecule has 0 saturated heterocycles. The summed E-state index contributed by atoms with van der Waals surface area (Å²) >= 11 is 0. The van der Waals surface area contributed by atoms with E-state index < -0.39 is 0 Å². The zero-order valence-corrected chi connectivity index (χ0v) is 6.86. The SMILES string of the molecule is c1c[nH]c2c3ncccc3nc-2c1. The number of nitrogens with one attached hydrogen (secondary N) is 1. The number of fused-ring (bicyclic) bond motifs is 3. The molecule has 0 radical (unpaired) electrons. The summed E-state index contributed by atoms with van der Waals surface area (Å²) in [6, 6.07) is 7.78. The fourth-order valence-electron chi connectivity index (χ4n) is 1.52. The van der Waals surface area contributed by atoms with Crippen molar-refractivity contribution >= 4 is 11.0 Å². The van der Waals surface area contributed by atoms with Crippen LogP contribution >= 0.6 is 0 Å². The van der Waals surface area contributed by atoms with Crippen LogP contribution in [0.4, 0.5) is 0 Å². The van der Waals surface area contributed by atoms with E-state index in [0.717, 1.165) is 22.4 Å². The highest BCUT2D eigenvalue weighted by Gasteiger charge is 2.10. The fraction of sp³-hybridized carbons (Fsp3) is 0. The standard InChI is InChI=1S/C10H7N3/c1-3-7-9(11-5-1)10-8(13-7)4-2-6-12-10/h1-6,11H. The van der Waals surface area contributed by atoms with Gasteiger partial charge in [-0.3, -0.25) is 4.98 Å². The molecule has 3 heteroatoms. The normalized spacial score (nSPS) is 11.1. The van der Waals surface area contributed by atoms with Gasteiger partial charge in [-0.05, 0) is 24.3 Å². The second-order valence-electron chi connectivity index (χ2n) is 2.91. The molecule has 2 aliphatic heterocycles. The Morgan fingerprint density at radius 2 is 2.15 bits per heavy atom. The number of nitrogens with zero attached hydrogens (tertiary/aromatic N) is 2. The van der Waals surface area contributed by atoms with Gasteiger partial charge in [-0.25, -0.2) is 4.98 Å². The number of aromatic nitrogens is 3. The molecule has 62 valence electrons. The van der Waals surface area contributed by atoms with E-state index in [-0.39, 0.29) is 0 Å². The molecule has 1 N–H and O–H groups in total. The predicted octanol–water partition coefficient (Wildman–Crippen LogP) is 2.06. The molecule has 0 amide bonds. The van der Waals surface area contributed by atoms with Crippen LogP contribution in [0.2, 0.25) is 0 Å². The topological polar surface area (TPSA) is 41.6 Å². The average Bonchev–Trinajstić information content (AvgIpc) is 2.56. The first-order valence-corrected chi connectivity index (χ1v) is 4.13. The second kappa shape index (κ2) is 2.29. The minimum absolute atomic E-state index is 0.943. The van der Waals surface area contributed by atoms with Gasteiger partial charge in [0, 0.05) is 12.4 Å². The summed E-state index contributed by atoms with van der Waals surface area (Å²) in [5.41, 5.74) is 3.87. The molecule has 0 spiro atoms. The van der Waals surface area contributed by atoms with Crippen molar-refractivity contribution in [2.75, 3.05) is 0 Å². The molecule has 0 fully saturated rings. The Bertz CT molecular complexity index is 527. The van der Waals surface area contributed by atoms with E-state index in [4.69, 9.17) is 0 Å². The lowest BCUT2D eigenvalue weighted by Gasteiger charge is -1.94. The van der Waals surface area contributed by atoms with Crippen molar-refractivity contribution < 1.29 is 0 Å². The minimum atomic E-state index is 0.943. The van der Waals surface area contributed by atoms with Crippen LogP contribution in [0, 0.1) is 0 Å². The molecule has 3 nitrogen and oxygen atoms in total. The van der Waals surface area contributed by atoms with E-state index in [0.29, 0.717) is 0 Å². The highest BCUT2D eigenvalue weighted by atomic mass is 14.9. The number of aromatic amines is 1. The summed E-state index contributed by atoms with van der Waals surface area (Å²) < 4.78 is 0. The van der Waals surface area contributed by atoms with Crippen molar-refractivity contribution in [1.82, 2.24) is 15.0 Å². The van der Waals surface area contributed by atoms with Crippen molar-refractivity contribution in [2.45, 2.75) is 0 Å². The molecule has 1 aromatic rings. The lowest BCUT2D eigenvalue weighted by molar-refractivity contribution is 1.30. The maximum Gasteiger partial charge on any atom is 0.114 e. The Labute approximate surface area is 74.8 Å². The predicted molar refractivity (Wildman–Crippen MR) is 50.5 cm³/mol. The first-order valence-electron chi connectivity index (χ1n) is 4.13. The highest BCUT2D eigenvalue weighted by Crippen LogP contribution is 2.25. The van der Waals surface area contributed by atoms with Crippen LogP contribution in [0.15, 0.2) is 36.7 Å². The molecular formula is C10H7N3. The summed E-state index contributed by atoms with van der Waals surface area (Å²) in [5.74, 6) is 0. The van der Waals surface area contributed by atoms with Crippen LogP contribution < -0.4 is 0 Å². The van der Waals surface area contributed by atoms with E-state index >= 15 is 0 Å². The van der Waals surface area contributed by atoms with Gasteiger partial charge in [-0.15, -0.1) is 0 Å². The maximum absolute atomic E-state index is 4.42. The van der Waals surface area contributed by atoms with E-state index in [1.165, 1.54) is 0 Å². The lowest BCUT2D eigenvalue weighted by atomic mass is 10.2. The summed E-state index contributed by atoms with van der Waals surface area (Å²) in [7, 11) is 0. The molecule has 0 unspecified atom stereocenters. The van der Waals surface area contributed by atoms with Gasteiger partial charge in [0.15, 0.2) is 0 Å². The van der Waals surface area contributed by atoms with E-state index in [2.05, 4.69) is 15.0 Å². The molecule has 2 aliphatic rings. The monoisotopic (exact) mass is 169 g/mol. The lowest BCUT2D eigenvalue weighted by Crippen LogP contribution is -1.80. The largest absolute Gasteiger partial charge is 0.358 e. The molecule has 3 rings (SSSR count). The van der Waals surface area contributed by atoms with Gasteiger partial charge >= 0.3 is 0 Å². The van der Waals surface area contributed by atoms with Crippen LogP contribution in [0.5, 0.6) is 0 Å². The van der Waals surface area contributed by atoms with E-state index in [1.54, 1.807) is 6.20 Å². The average molecular weight is 169 g/mol. The first-order chi connectivity index (χ1) is 6.45. The van der Waals surface area contributed by atoms with Gasteiger partial charge < -0.3 is 4.98 Å². The molecule has 0 atom stereocenters. The number of hydrogen-bond acceptors (Lipinski definition) is 2. The van der Waals surface area contributed by atoms with E-state index in [9.17, 15) is 0 Å². The molecule has 0 aromatic carbocycles. The van der Waals surface area contributed by atoms with Crippen molar-refractivity contribution in [1.29, 1.82) is 0 Å². The van der Waals surface area contributed by atoms with Gasteiger partial charge in [-0.2, -0.15) is 0 Å². The fourth-order valence-corrected chi connectivity index (χ4v) is 1.52. The third-order valence-corrected chi connectivity index (χ3v) is 2.10. The van der Waals surface area contributed by atoms with Crippen LogP contribution in [0.1, 0.15) is 0 Å². The van der Waals surface area contributed by atoms with Gasteiger partial charge in [0.25, 0.3) is 0 Å². The Morgan fingerprint density at radius 3 is 3.15 bits per heavy atom. The molecule has 0 saturated carbocycles. The molecule has 13 heavy (non-hydrogen) atoms. The molecule has 1 aromatic heterocycles. The second-order valence-corrected chi connectivity index (χ2v) is 2.91. The zero-order chi connectivity index (χ0) is 8.67. The Balaban J connectivity index is 2.56. The smallest absolute Gasteiger partial charge is 0.114 e. The van der Waals surface area contributed by atoms with Crippen LogP contribution in [-0.4, -0.2) is 15.0 Å². The Hall–Kier alpha value is -1.90. The summed E-state index contributed by atoms with van der Waals surface area (Å²) in [6.45, 7) is 0. The van der Waals surface area contributed by atoms with Crippen LogP contribution in [0.3, 0.4) is 0 Å². The maximum atomic E-state index is 4.42. The highest BCUT2D eigenvalue weighted by molar-refractivity contribution is 5.91. The van der Waals surface area contributed by atoms with Crippen molar-refractivity contribution in [3.05, 3.63) is 36.7 Å². The number of rotatable bonds is 0. The van der Waals surface area contributed by atoms with Crippen molar-refractivity contribution in [3.63, 3.8) is 0 Å². The first kappa shape index (κ1) is 6.60. The van der Waals surface area contributed by atoms with Crippen LogP contribution in [-0.2, 0) is 0 Å². The van der Waals surface area contributed by atoms with Crippen molar-refractivity contribution in [3.8, 4) is 11.4 Å². The molecule has 0 bridgehead atoms. The van der Waals surface area contributed by atoms with E-state index in [1.807, 2.05) is 30.5 Å². The quantitative estimate of drug-likeness (QED) is 0.559. The summed E-state index contributed by atoms with van der Waals surface area (Å²) in [6.07, 6.45) is 3.67. The number of hydrogen-bond donors (Lipinski definition) is 1. The van der Waals surface area contributed by atoms with Gasteiger partial charge in [0.2, 0.25) is 0 Å². The number of H-pyrrole nitrogens is 1.